The Bertz CT molecular complexity index is 163. The maximum absolute atomic E-state index is 10.2. The Hall–Kier alpha value is -0.370. The normalized spacial score (nSPS) is 35.5. The molecular weight excluding hydrogens is 140 g/mol. The van der Waals surface area contributed by atoms with Crippen molar-refractivity contribution in [3.8, 4) is 0 Å². The van der Waals surface area contributed by atoms with Gasteiger partial charge >= 0.3 is 0 Å². The average molecular weight is 156 g/mol. The SMILES string of the molecule is CC1(C)CCC(O)(CC=O)C1. The Balaban J connectivity index is 2.57. The number of hydrogen-bond acceptors (Lipinski definition) is 2. The minimum Gasteiger partial charge on any atom is -0.389 e. The van der Waals surface area contributed by atoms with Crippen molar-refractivity contribution in [2.24, 2.45) is 5.41 Å². The van der Waals surface area contributed by atoms with E-state index in [4.69, 9.17) is 0 Å². The lowest BCUT2D eigenvalue weighted by molar-refractivity contribution is -0.112. The molecule has 2 nitrogen and oxygen atoms in total. The van der Waals surface area contributed by atoms with Gasteiger partial charge in [0.05, 0.1) is 5.60 Å². The van der Waals surface area contributed by atoms with Gasteiger partial charge in [0.1, 0.15) is 6.29 Å². The summed E-state index contributed by atoms with van der Waals surface area (Å²) in [4.78, 5) is 10.2. The first kappa shape index (κ1) is 8.72. The molecule has 0 radical (unpaired) electrons. The zero-order valence-corrected chi connectivity index (χ0v) is 7.26. The van der Waals surface area contributed by atoms with Gasteiger partial charge in [0.25, 0.3) is 0 Å². The number of hydrogen-bond donors (Lipinski definition) is 1. The summed E-state index contributed by atoms with van der Waals surface area (Å²) in [6.45, 7) is 4.27. The predicted molar refractivity (Wildman–Crippen MR) is 43.3 cm³/mol. The van der Waals surface area contributed by atoms with Crippen molar-refractivity contribution in [1.29, 1.82) is 0 Å². The van der Waals surface area contributed by atoms with E-state index in [9.17, 15) is 9.90 Å². The van der Waals surface area contributed by atoms with Gasteiger partial charge in [-0.25, -0.2) is 0 Å². The van der Waals surface area contributed by atoms with Gasteiger partial charge in [0, 0.05) is 6.42 Å². The fourth-order valence-electron chi connectivity index (χ4n) is 1.97. The lowest BCUT2D eigenvalue weighted by atomic mass is 9.88. The standard InChI is InChI=1S/C9H16O2/c1-8(2)3-4-9(11,7-8)5-6-10/h6,11H,3-5,7H2,1-2H3. The van der Waals surface area contributed by atoms with Crippen LogP contribution in [0.25, 0.3) is 0 Å². The summed E-state index contributed by atoms with van der Waals surface area (Å²) in [5.41, 5.74) is -0.469. The third-order valence-corrected chi connectivity index (χ3v) is 2.54. The number of carbonyl (C=O) groups is 1. The van der Waals surface area contributed by atoms with Gasteiger partial charge in [-0.1, -0.05) is 13.8 Å². The van der Waals surface area contributed by atoms with E-state index < -0.39 is 5.60 Å². The molecule has 0 aliphatic heterocycles. The Kier molecular flexibility index (Phi) is 2.06. The van der Waals surface area contributed by atoms with Crippen LogP contribution in [0, 0.1) is 5.41 Å². The van der Waals surface area contributed by atoms with Crippen molar-refractivity contribution in [2.45, 2.75) is 45.1 Å². The predicted octanol–water partition coefficient (Wildman–Crippen LogP) is 1.52. The van der Waals surface area contributed by atoms with Crippen LogP contribution >= 0.6 is 0 Å². The van der Waals surface area contributed by atoms with Gasteiger partial charge in [0.15, 0.2) is 0 Å². The van der Waals surface area contributed by atoms with Gasteiger partial charge in [-0.3, -0.25) is 0 Å². The largest absolute Gasteiger partial charge is 0.389 e. The zero-order chi connectivity index (χ0) is 8.54. The van der Waals surface area contributed by atoms with Gasteiger partial charge in [0.2, 0.25) is 0 Å². The molecule has 0 saturated heterocycles. The molecule has 1 fully saturated rings. The van der Waals surface area contributed by atoms with Crippen LogP contribution in [0.1, 0.15) is 39.5 Å². The third kappa shape index (κ3) is 2.03. The topological polar surface area (TPSA) is 37.3 Å². The molecule has 1 saturated carbocycles. The molecule has 64 valence electrons. The summed E-state index contributed by atoms with van der Waals surface area (Å²) in [6.07, 6.45) is 3.69. The Morgan fingerprint density at radius 3 is 2.45 bits per heavy atom. The van der Waals surface area contributed by atoms with Crippen LogP contribution in [0.15, 0.2) is 0 Å². The molecule has 0 spiro atoms. The van der Waals surface area contributed by atoms with Crippen LogP contribution in [0.3, 0.4) is 0 Å². The van der Waals surface area contributed by atoms with E-state index in [-0.39, 0.29) is 5.41 Å². The Labute approximate surface area is 67.6 Å². The fourth-order valence-corrected chi connectivity index (χ4v) is 1.97. The van der Waals surface area contributed by atoms with Crippen LogP contribution in [-0.4, -0.2) is 17.0 Å². The molecule has 0 aromatic rings. The molecular formula is C9H16O2. The van der Waals surface area contributed by atoms with Crippen molar-refractivity contribution >= 4 is 6.29 Å². The molecule has 0 aromatic carbocycles. The molecule has 2 heteroatoms. The summed E-state index contributed by atoms with van der Waals surface area (Å²) in [5, 5.41) is 9.80. The van der Waals surface area contributed by atoms with Gasteiger partial charge in [-0.2, -0.15) is 0 Å². The minimum absolute atomic E-state index is 0.220. The maximum Gasteiger partial charge on any atom is 0.122 e. The van der Waals surface area contributed by atoms with Crippen LogP contribution in [-0.2, 0) is 4.79 Å². The average Bonchev–Trinajstić information content (AvgIpc) is 2.07. The summed E-state index contributed by atoms with van der Waals surface area (Å²) in [5.74, 6) is 0. The van der Waals surface area contributed by atoms with E-state index in [1.54, 1.807) is 0 Å². The highest BCUT2D eigenvalue weighted by molar-refractivity contribution is 5.51. The lowest BCUT2D eigenvalue weighted by Crippen LogP contribution is -2.26. The summed E-state index contributed by atoms with van der Waals surface area (Å²) < 4.78 is 0. The second-order valence-corrected chi connectivity index (χ2v) is 4.44. The number of aliphatic hydroxyl groups is 1. The van der Waals surface area contributed by atoms with Crippen molar-refractivity contribution < 1.29 is 9.90 Å². The smallest absolute Gasteiger partial charge is 0.122 e. The summed E-state index contributed by atoms with van der Waals surface area (Å²) in [7, 11) is 0. The fraction of sp³-hybridized carbons (Fsp3) is 0.889. The van der Waals surface area contributed by atoms with Crippen molar-refractivity contribution in [3.05, 3.63) is 0 Å². The quantitative estimate of drug-likeness (QED) is 0.615. The maximum atomic E-state index is 10.2. The molecule has 1 atom stereocenters. The third-order valence-electron chi connectivity index (χ3n) is 2.54. The van der Waals surface area contributed by atoms with E-state index in [0.29, 0.717) is 6.42 Å². The molecule has 0 aromatic heterocycles. The van der Waals surface area contributed by atoms with Gasteiger partial charge < -0.3 is 9.90 Å². The van der Waals surface area contributed by atoms with Crippen LogP contribution < -0.4 is 0 Å². The van der Waals surface area contributed by atoms with Crippen LogP contribution in [0.4, 0.5) is 0 Å². The highest BCUT2D eigenvalue weighted by Crippen LogP contribution is 2.44. The molecule has 1 unspecified atom stereocenters. The van der Waals surface area contributed by atoms with E-state index in [1.165, 1.54) is 0 Å². The molecule has 0 heterocycles. The monoisotopic (exact) mass is 156 g/mol. The summed E-state index contributed by atoms with van der Waals surface area (Å²) >= 11 is 0. The van der Waals surface area contributed by atoms with Crippen molar-refractivity contribution in [3.63, 3.8) is 0 Å². The highest BCUT2D eigenvalue weighted by atomic mass is 16.3. The first-order valence-corrected chi connectivity index (χ1v) is 4.14. The molecule has 11 heavy (non-hydrogen) atoms. The second-order valence-electron chi connectivity index (χ2n) is 4.44. The van der Waals surface area contributed by atoms with Gasteiger partial charge in [-0.15, -0.1) is 0 Å². The molecule has 1 aliphatic rings. The van der Waals surface area contributed by atoms with Crippen molar-refractivity contribution in [1.82, 2.24) is 0 Å². The first-order chi connectivity index (χ1) is 4.97. The molecule has 1 N–H and O–H groups in total. The van der Waals surface area contributed by atoms with Crippen LogP contribution in [0.2, 0.25) is 0 Å². The first-order valence-electron chi connectivity index (χ1n) is 4.14. The Morgan fingerprint density at radius 1 is 1.45 bits per heavy atom. The number of carbonyl (C=O) groups excluding carboxylic acids is 1. The zero-order valence-electron chi connectivity index (χ0n) is 7.26. The number of rotatable bonds is 2. The Morgan fingerprint density at radius 2 is 2.09 bits per heavy atom. The lowest BCUT2D eigenvalue weighted by Gasteiger charge is -2.22. The molecule has 0 amide bonds. The van der Waals surface area contributed by atoms with E-state index in [0.717, 1.165) is 25.5 Å². The van der Waals surface area contributed by atoms with E-state index in [2.05, 4.69) is 13.8 Å². The molecule has 1 rings (SSSR count). The summed E-state index contributed by atoms with van der Waals surface area (Å²) in [6, 6.07) is 0. The van der Waals surface area contributed by atoms with E-state index >= 15 is 0 Å². The minimum atomic E-state index is -0.689. The number of aldehydes is 1. The second kappa shape index (κ2) is 2.59. The van der Waals surface area contributed by atoms with Crippen LogP contribution in [0.5, 0.6) is 0 Å². The van der Waals surface area contributed by atoms with Crippen molar-refractivity contribution in [2.75, 3.05) is 0 Å². The molecule has 1 aliphatic carbocycles. The van der Waals surface area contributed by atoms with E-state index in [1.807, 2.05) is 0 Å². The van der Waals surface area contributed by atoms with Gasteiger partial charge in [-0.05, 0) is 24.7 Å². The molecule has 0 bridgehead atoms. The highest BCUT2D eigenvalue weighted by Gasteiger charge is 2.41.